The first-order valence-electron chi connectivity index (χ1n) is 5.13. The molecule has 0 aromatic carbocycles. The van der Waals surface area contributed by atoms with Crippen molar-refractivity contribution >= 4 is 15.9 Å². The molecule has 0 atom stereocenters. The smallest absolute Gasteiger partial charge is 0.273 e. The number of primary amides is 1. The Balaban J connectivity index is 2.96. The number of alkyl halides is 2. The molecule has 19 heavy (non-hydrogen) atoms. The summed E-state index contributed by atoms with van der Waals surface area (Å²) in [5, 5.41) is 0. The molecule has 0 bridgehead atoms. The number of carbonyl (C=O) groups is 1. The first-order chi connectivity index (χ1) is 8.59. The van der Waals surface area contributed by atoms with Crippen LogP contribution < -0.4 is 16.2 Å². The van der Waals surface area contributed by atoms with Crippen LogP contribution >= 0.6 is 0 Å². The number of halogens is 2. The van der Waals surface area contributed by atoms with Gasteiger partial charge in [-0.2, -0.15) is 0 Å². The third kappa shape index (κ3) is 3.72. The summed E-state index contributed by atoms with van der Waals surface area (Å²) in [6, 6.07) is 1.01. The number of carbonyl (C=O) groups excluding carboxylic acids is 1. The number of aryl methyl sites for hydroxylation is 1. The third-order valence-electron chi connectivity index (χ3n) is 2.36. The molecule has 0 fully saturated rings. The first kappa shape index (κ1) is 15.5. The predicted molar refractivity (Wildman–Crippen MR) is 63.1 cm³/mol. The largest absolute Gasteiger partial charge is 0.364 e. The van der Waals surface area contributed by atoms with Gasteiger partial charge in [0.15, 0.2) is 0 Å². The molecule has 0 aliphatic heterocycles. The SMILES string of the molecule is Cn1cc(S(=O)(=O)NCC(F)(F)CN)cc1C(N)=O. The maximum absolute atomic E-state index is 12.9. The summed E-state index contributed by atoms with van der Waals surface area (Å²) in [5.41, 5.74) is 9.77. The van der Waals surface area contributed by atoms with Crippen LogP contribution in [0, 0.1) is 0 Å². The highest BCUT2D eigenvalue weighted by Crippen LogP contribution is 2.15. The van der Waals surface area contributed by atoms with Gasteiger partial charge in [0.2, 0.25) is 10.0 Å². The Morgan fingerprint density at radius 1 is 1.53 bits per heavy atom. The number of rotatable bonds is 6. The summed E-state index contributed by atoms with van der Waals surface area (Å²) in [6.45, 7) is -2.09. The lowest BCUT2D eigenvalue weighted by molar-refractivity contribution is 0.0170. The molecule has 1 aromatic rings. The summed E-state index contributed by atoms with van der Waals surface area (Å²) in [4.78, 5) is 10.7. The summed E-state index contributed by atoms with van der Waals surface area (Å²) in [6.07, 6.45) is 1.10. The average molecular weight is 296 g/mol. The molecule has 1 aromatic heterocycles. The van der Waals surface area contributed by atoms with Crippen molar-refractivity contribution in [3.8, 4) is 0 Å². The van der Waals surface area contributed by atoms with Crippen LogP contribution in [0.3, 0.4) is 0 Å². The van der Waals surface area contributed by atoms with Gasteiger partial charge in [0, 0.05) is 13.2 Å². The molecule has 1 heterocycles. The van der Waals surface area contributed by atoms with Crippen LogP contribution in [-0.4, -0.2) is 37.9 Å². The molecule has 0 unspecified atom stereocenters. The zero-order chi connectivity index (χ0) is 14.8. The molecule has 0 spiro atoms. The van der Waals surface area contributed by atoms with Gasteiger partial charge in [-0.15, -0.1) is 0 Å². The lowest BCUT2D eigenvalue weighted by Crippen LogP contribution is -2.41. The predicted octanol–water partition coefficient (Wildman–Crippen LogP) is -1.00. The van der Waals surface area contributed by atoms with Crippen molar-refractivity contribution in [1.82, 2.24) is 9.29 Å². The quantitative estimate of drug-likeness (QED) is 0.623. The first-order valence-corrected chi connectivity index (χ1v) is 6.61. The molecule has 10 heteroatoms. The van der Waals surface area contributed by atoms with E-state index in [0.29, 0.717) is 0 Å². The van der Waals surface area contributed by atoms with E-state index in [-0.39, 0.29) is 10.6 Å². The normalized spacial score (nSPS) is 12.6. The second kappa shape index (κ2) is 5.23. The van der Waals surface area contributed by atoms with Gasteiger partial charge in [-0.1, -0.05) is 0 Å². The van der Waals surface area contributed by atoms with Crippen molar-refractivity contribution in [3.05, 3.63) is 18.0 Å². The van der Waals surface area contributed by atoms with Crippen molar-refractivity contribution in [2.45, 2.75) is 10.8 Å². The van der Waals surface area contributed by atoms with Crippen LogP contribution in [-0.2, 0) is 17.1 Å². The Hall–Kier alpha value is -1.52. The third-order valence-corrected chi connectivity index (χ3v) is 3.73. The fourth-order valence-electron chi connectivity index (χ4n) is 1.28. The van der Waals surface area contributed by atoms with Gasteiger partial charge >= 0.3 is 0 Å². The summed E-state index contributed by atoms with van der Waals surface area (Å²) in [7, 11) is -2.74. The number of hydrogen-bond acceptors (Lipinski definition) is 4. The van der Waals surface area contributed by atoms with Crippen LogP contribution in [0.15, 0.2) is 17.2 Å². The summed E-state index contributed by atoms with van der Waals surface area (Å²) >= 11 is 0. The fraction of sp³-hybridized carbons (Fsp3) is 0.444. The molecule has 0 radical (unpaired) electrons. The van der Waals surface area contributed by atoms with Gasteiger partial charge in [-0.05, 0) is 6.07 Å². The highest BCUT2D eigenvalue weighted by atomic mass is 32.2. The zero-order valence-electron chi connectivity index (χ0n) is 10.1. The van der Waals surface area contributed by atoms with Gasteiger partial charge in [0.25, 0.3) is 11.8 Å². The molecule has 7 nitrogen and oxygen atoms in total. The standard InChI is InChI=1S/C9H14F2N4O3S/c1-15-3-6(2-7(15)8(13)16)19(17,18)14-5-9(10,11)4-12/h2-3,14H,4-5,12H2,1H3,(H2,13,16). The van der Waals surface area contributed by atoms with Crippen molar-refractivity contribution in [3.63, 3.8) is 0 Å². The van der Waals surface area contributed by atoms with Crippen molar-refractivity contribution in [1.29, 1.82) is 0 Å². The monoisotopic (exact) mass is 296 g/mol. The lowest BCUT2D eigenvalue weighted by atomic mass is 10.3. The van der Waals surface area contributed by atoms with E-state index in [1.54, 1.807) is 4.72 Å². The molecule has 0 saturated carbocycles. The summed E-state index contributed by atoms with van der Waals surface area (Å²) in [5.74, 6) is -4.16. The highest BCUT2D eigenvalue weighted by molar-refractivity contribution is 7.89. The van der Waals surface area contributed by atoms with E-state index in [1.807, 2.05) is 0 Å². The summed E-state index contributed by atoms with van der Waals surface area (Å²) < 4.78 is 52.1. The maximum atomic E-state index is 12.9. The van der Waals surface area contributed by atoms with Crippen molar-refractivity contribution in [2.24, 2.45) is 18.5 Å². The van der Waals surface area contributed by atoms with Crippen LogP contribution in [0.4, 0.5) is 8.78 Å². The minimum atomic E-state index is -4.15. The van der Waals surface area contributed by atoms with Crippen LogP contribution in [0.2, 0.25) is 0 Å². The highest BCUT2D eigenvalue weighted by Gasteiger charge is 2.30. The Morgan fingerprint density at radius 2 is 2.11 bits per heavy atom. The molecule has 0 aliphatic rings. The second-order valence-corrected chi connectivity index (χ2v) is 5.69. The Labute approximate surface area is 108 Å². The number of amides is 1. The van der Waals surface area contributed by atoms with Gasteiger partial charge in [-0.25, -0.2) is 21.9 Å². The number of nitrogens with one attached hydrogen (secondary N) is 1. The van der Waals surface area contributed by atoms with Crippen molar-refractivity contribution in [2.75, 3.05) is 13.1 Å². The average Bonchev–Trinajstić information content (AvgIpc) is 2.70. The molecular weight excluding hydrogens is 282 g/mol. The minimum Gasteiger partial charge on any atom is -0.364 e. The van der Waals surface area contributed by atoms with Gasteiger partial charge in [0.05, 0.1) is 13.1 Å². The Kier molecular flexibility index (Phi) is 4.28. The zero-order valence-corrected chi connectivity index (χ0v) is 10.9. The molecule has 1 amide bonds. The molecule has 0 saturated heterocycles. The lowest BCUT2D eigenvalue weighted by Gasteiger charge is -2.14. The number of aromatic nitrogens is 1. The Bertz CT molecular complexity index is 582. The van der Waals surface area contributed by atoms with Gasteiger partial charge in [0.1, 0.15) is 10.6 Å². The van der Waals surface area contributed by atoms with Crippen LogP contribution in [0.5, 0.6) is 0 Å². The molecule has 1 rings (SSSR count). The van der Waals surface area contributed by atoms with E-state index < -0.39 is 34.9 Å². The Morgan fingerprint density at radius 3 is 2.53 bits per heavy atom. The number of sulfonamides is 1. The number of nitrogens with zero attached hydrogens (tertiary/aromatic N) is 1. The number of hydrogen-bond donors (Lipinski definition) is 3. The maximum Gasteiger partial charge on any atom is 0.273 e. The van der Waals surface area contributed by atoms with E-state index in [2.05, 4.69) is 0 Å². The van der Waals surface area contributed by atoms with E-state index in [1.165, 1.54) is 11.6 Å². The molecule has 0 aliphatic carbocycles. The minimum absolute atomic E-state index is 0.0500. The van der Waals surface area contributed by atoms with E-state index >= 15 is 0 Å². The van der Waals surface area contributed by atoms with Gasteiger partial charge in [-0.3, -0.25) is 4.79 Å². The van der Waals surface area contributed by atoms with Crippen LogP contribution in [0.25, 0.3) is 0 Å². The van der Waals surface area contributed by atoms with Gasteiger partial charge < -0.3 is 16.0 Å². The van der Waals surface area contributed by atoms with E-state index in [0.717, 1.165) is 12.3 Å². The number of nitrogens with two attached hydrogens (primary N) is 2. The molecule has 108 valence electrons. The second-order valence-electron chi connectivity index (χ2n) is 3.92. The van der Waals surface area contributed by atoms with Crippen LogP contribution in [0.1, 0.15) is 10.5 Å². The van der Waals surface area contributed by atoms with E-state index in [9.17, 15) is 22.0 Å². The van der Waals surface area contributed by atoms with E-state index in [4.69, 9.17) is 11.5 Å². The van der Waals surface area contributed by atoms with Crippen molar-refractivity contribution < 1.29 is 22.0 Å². The molecule has 5 N–H and O–H groups in total. The topological polar surface area (TPSA) is 120 Å². The fourth-order valence-corrected chi connectivity index (χ4v) is 2.41. The molecular formula is C9H14F2N4O3S.